The van der Waals surface area contributed by atoms with Crippen LogP contribution in [0.3, 0.4) is 0 Å². The number of nitrogens with one attached hydrogen (secondary N) is 1. The second-order valence-electron chi connectivity index (χ2n) is 3.90. The number of rotatable bonds is 1. The van der Waals surface area contributed by atoms with Gasteiger partial charge in [-0.05, 0) is 30.7 Å². The maximum absolute atomic E-state index is 5.59. The Balaban J connectivity index is 2.17. The molecule has 0 bridgehead atoms. The van der Waals surface area contributed by atoms with Crippen molar-refractivity contribution in [2.45, 2.75) is 19.4 Å². The van der Waals surface area contributed by atoms with Gasteiger partial charge in [-0.1, -0.05) is 11.4 Å². The average molecular weight is 304 g/mol. The number of imidazole rings is 1. The largest absolute Gasteiger partial charge is 0.324 e. The van der Waals surface area contributed by atoms with E-state index in [1.165, 1.54) is 12.2 Å². The van der Waals surface area contributed by atoms with Crippen molar-refractivity contribution in [1.82, 2.24) is 9.55 Å². The number of aryl methyl sites for hydroxylation is 1. The molecule has 0 amide bonds. The molecule has 0 saturated heterocycles. The summed E-state index contributed by atoms with van der Waals surface area (Å²) in [6, 6.07) is 0. The predicted octanol–water partition coefficient (Wildman–Crippen LogP) is 2.95. The van der Waals surface area contributed by atoms with Gasteiger partial charge in [-0.25, -0.2) is 9.75 Å². The Morgan fingerprint density at radius 2 is 2.29 bits per heavy atom. The Labute approximate surface area is 114 Å². The van der Waals surface area contributed by atoms with Gasteiger partial charge in [0.05, 0.1) is 0 Å². The normalized spacial score (nSPS) is 26.1. The van der Waals surface area contributed by atoms with Gasteiger partial charge in [0.25, 0.3) is 0 Å². The predicted molar refractivity (Wildman–Crippen MR) is 82.0 cm³/mol. The van der Waals surface area contributed by atoms with Crippen LogP contribution in [0.1, 0.15) is 17.9 Å². The molecule has 0 aromatic carbocycles. The van der Waals surface area contributed by atoms with Gasteiger partial charge >= 0.3 is 0 Å². The molecule has 0 fully saturated rings. The van der Waals surface area contributed by atoms with Crippen LogP contribution in [0.4, 0.5) is 5.82 Å². The first kappa shape index (κ1) is 12.1. The van der Waals surface area contributed by atoms with Crippen LogP contribution in [0.2, 0.25) is 0 Å². The zero-order valence-corrected chi connectivity index (χ0v) is 13.0. The summed E-state index contributed by atoms with van der Waals surface area (Å²) < 4.78 is 7.03. The molecule has 8 heteroatoms. The third-order valence-electron chi connectivity index (χ3n) is 2.94. The Morgan fingerprint density at radius 1 is 1.47 bits per heavy atom. The van der Waals surface area contributed by atoms with Crippen LogP contribution in [0.15, 0.2) is 4.76 Å². The fraction of sp³-hybridized carbons (Fsp3) is 0.556. The van der Waals surface area contributed by atoms with E-state index in [0.29, 0.717) is 0 Å². The summed E-state index contributed by atoms with van der Waals surface area (Å²) in [7, 11) is 0. The van der Waals surface area contributed by atoms with Gasteiger partial charge in [0.1, 0.15) is 16.6 Å². The molecular formula is C9H13N4PS3. The average Bonchev–Trinajstić information content (AvgIpc) is 2.87. The van der Waals surface area contributed by atoms with E-state index in [4.69, 9.17) is 16.6 Å². The number of fused-ring (bicyclic) bond motifs is 3. The number of hydrogen-bond donors (Lipinski definition) is 1. The van der Waals surface area contributed by atoms with E-state index in [-0.39, 0.29) is 0 Å². The standard InChI is InChI=1S/C9H13N4PS3/c1-16-9-7-8(11-14(15,12-9)17-2)10-6-4-3-5-13(6)7/h3-5H2,1-2H3,(H,11,12,15)/t14-/m0/s1. The van der Waals surface area contributed by atoms with Crippen LogP contribution in [-0.2, 0) is 24.8 Å². The quantitative estimate of drug-likeness (QED) is 0.808. The van der Waals surface area contributed by atoms with Gasteiger partial charge < -0.3 is 9.65 Å². The van der Waals surface area contributed by atoms with Crippen LogP contribution >= 0.6 is 28.7 Å². The molecule has 1 aromatic heterocycles. The molecule has 2 aliphatic rings. The SMILES string of the molecule is CSC1=N[P@@](=S)(SC)Nc2nc3n(c21)CCC3. The molecule has 1 N–H and O–H groups in total. The molecule has 0 radical (unpaired) electrons. The zero-order valence-electron chi connectivity index (χ0n) is 9.63. The number of aromatic nitrogens is 2. The van der Waals surface area contributed by atoms with E-state index in [9.17, 15) is 0 Å². The zero-order chi connectivity index (χ0) is 12.0. The van der Waals surface area contributed by atoms with Crippen molar-refractivity contribution in [3.63, 3.8) is 0 Å². The van der Waals surface area contributed by atoms with Crippen LogP contribution < -0.4 is 5.09 Å². The van der Waals surface area contributed by atoms with E-state index in [1.54, 1.807) is 23.1 Å². The number of nitrogens with zero attached hydrogens (tertiary/aromatic N) is 3. The first-order valence-electron chi connectivity index (χ1n) is 5.35. The van der Waals surface area contributed by atoms with Crippen molar-refractivity contribution in [3.8, 4) is 0 Å². The highest BCUT2D eigenvalue weighted by Crippen LogP contribution is 2.61. The highest BCUT2D eigenvalue weighted by atomic mass is 32.9. The van der Waals surface area contributed by atoms with Gasteiger partial charge in [0, 0.05) is 13.0 Å². The van der Waals surface area contributed by atoms with Gasteiger partial charge in [0.15, 0.2) is 11.4 Å². The van der Waals surface area contributed by atoms with E-state index < -0.39 is 5.54 Å². The van der Waals surface area contributed by atoms with Crippen molar-refractivity contribution in [3.05, 3.63) is 11.5 Å². The monoisotopic (exact) mass is 304 g/mol. The Kier molecular flexibility index (Phi) is 3.05. The maximum atomic E-state index is 5.59. The summed E-state index contributed by atoms with van der Waals surface area (Å²) >= 11 is 8.90. The molecule has 0 saturated carbocycles. The lowest BCUT2D eigenvalue weighted by Crippen LogP contribution is -2.12. The Hall–Kier alpha value is 0.0300. The molecule has 0 spiro atoms. The summed E-state index contributed by atoms with van der Waals surface area (Å²) in [5.41, 5.74) is -0.749. The van der Waals surface area contributed by atoms with Gasteiger partial charge in [-0.15, -0.1) is 11.8 Å². The Bertz CT molecular complexity index is 551. The van der Waals surface area contributed by atoms with E-state index in [1.807, 2.05) is 6.26 Å². The number of hydrogen-bond acceptors (Lipinski definition) is 4. The minimum atomic E-state index is -1.90. The van der Waals surface area contributed by atoms with Crippen LogP contribution in [0.25, 0.3) is 0 Å². The molecule has 2 aliphatic heterocycles. The molecule has 92 valence electrons. The molecule has 0 aliphatic carbocycles. The van der Waals surface area contributed by atoms with Crippen LogP contribution in [0.5, 0.6) is 0 Å². The first-order valence-corrected chi connectivity index (χ1v) is 11.2. The molecule has 17 heavy (non-hydrogen) atoms. The smallest absolute Gasteiger partial charge is 0.197 e. The maximum Gasteiger partial charge on any atom is 0.197 e. The lowest BCUT2D eigenvalue weighted by molar-refractivity contribution is 0.745. The van der Waals surface area contributed by atoms with Gasteiger partial charge in [0.2, 0.25) is 0 Å². The van der Waals surface area contributed by atoms with Gasteiger partial charge in [-0.3, -0.25) is 0 Å². The summed E-state index contributed by atoms with van der Waals surface area (Å²) in [6.07, 6.45) is 6.33. The second kappa shape index (κ2) is 4.30. The van der Waals surface area contributed by atoms with Crippen molar-refractivity contribution in [1.29, 1.82) is 0 Å². The highest BCUT2D eigenvalue weighted by Gasteiger charge is 2.31. The lowest BCUT2D eigenvalue weighted by atomic mass is 10.3. The summed E-state index contributed by atoms with van der Waals surface area (Å²) in [5.74, 6) is 2.13. The molecule has 3 heterocycles. The number of thioether (sulfide) groups is 1. The topological polar surface area (TPSA) is 42.2 Å². The molecule has 0 unspecified atom stereocenters. The van der Waals surface area contributed by atoms with E-state index in [2.05, 4.69) is 20.9 Å². The molecule has 1 atom stereocenters. The van der Waals surface area contributed by atoms with Crippen molar-refractivity contribution >= 4 is 51.4 Å². The summed E-state index contributed by atoms with van der Waals surface area (Å²) in [5, 5.41) is 4.43. The first-order chi connectivity index (χ1) is 8.17. The minimum Gasteiger partial charge on any atom is -0.324 e. The highest BCUT2D eigenvalue weighted by molar-refractivity contribution is 8.70. The fourth-order valence-electron chi connectivity index (χ4n) is 2.17. The molecule has 1 aromatic rings. The van der Waals surface area contributed by atoms with Crippen molar-refractivity contribution in [2.24, 2.45) is 4.76 Å². The van der Waals surface area contributed by atoms with Crippen LogP contribution in [-0.4, -0.2) is 27.1 Å². The minimum absolute atomic E-state index is 0.955. The molecule has 4 nitrogen and oxygen atoms in total. The molecule has 3 rings (SSSR count). The third-order valence-corrected chi connectivity index (χ3v) is 9.07. The molecular weight excluding hydrogens is 291 g/mol. The van der Waals surface area contributed by atoms with E-state index in [0.717, 1.165) is 29.5 Å². The third kappa shape index (κ3) is 1.87. The van der Waals surface area contributed by atoms with Crippen molar-refractivity contribution in [2.75, 3.05) is 17.6 Å². The number of anilines is 1. The van der Waals surface area contributed by atoms with Gasteiger partial charge in [-0.2, -0.15) is 0 Å². The fourth-order valence-corrected chi connectivity index (χ4v) is 6.08. The Morgan fingerprint density at radius 3 is 3.00 bits per heavy atom. The van der Waals surface area contributed by atoms with Crippen LogP contribution in [0, 0.1) is 0 Å². The second-order valence-corrected chi connectivity index (χ2v) is 11.5. The lowest BCUT2D eigenvalue weighted by Gasteiger charge is -2.23. The summed E-state index contributed by atoms with van der Waals surface area (Å²) in [6.45, 7) is 1.06. The summed E-state index contributed by atoms with van der Waals surface area (Å²) in [4.78, 5) is 4.68. The van der Waals surface area contributed by atoms with Crippen molar-refractivity contribution < 1.29 is 0 Å². The van der Waals surface area contributed by atoms with E-state index >= 15 is 0 Å².